The van der Waals surface area contributed by atoms with E-state index in [1.54, 1.807) is 0 Å². The molecule has 130 valence electrons. The molecule has 2 aromatic rings. The molecule has 3 rings (SSSR count). The van der Waals surface area contributed by atoms with Crippen molar-refractivity contribution in [2.45, 2.75) is 39.7 Å². The molecule has 0 unspecified atom stereocenters. The number of benzene rings is 1. The van der Waals surface area contributed by atoms with E-state index in [1.165, 1.54) is 11.3 Å². The topological polar surface area (TPSA) is 50.4 Å². The van der Waals surface area contributed by atoms with Crippen LogP contribution in [0.3, 0.4) is 0 Å². The zero-order valence-corrected chi connectivity index (χ0v) is 14.9. The molecular formula is C19H27N3O2. The van der Waals surface area contributed by atoms with E-state index in [1.807, 2.05) is 13.0 Å². The van der Waals surface area contributed by atoms with Gasteiger partial charge in [0.2, 0.25) is 0 Å². The van der Waals surface area contributed by atoms with Gasteiger partial charge in [0.15, 0.2) is 11.5 Å². The zero-order chi connectivity index (χ0) is 16.9. The fourth-order valence-corrected chi connectivity index (χ4v) is 3.04. The number of ether oxygens (including phenoxy) is 2. The monoisotopic (exact) mass is 329 g/mol. The van der Waals surface area contributed by atoms with E-state index >= 15 is 0 Å². The number of nitrogens with one attached hydrogen (secondary N) is 1. The van der Waals surface area contributed by atoms with Gasteiger partial charge < -0.3 is 14.4 Å². The molecule has 0 aliphatic carbocycles. The van der Waals surface area contributed by atoms with Crippen molar-refractivity contribution in [3.8, 4) is 22.8 Å². The SMILES string of the molecule is CCCCOc1ccc(-c2n[nH]c3c2CN(C)CC3)cc1OCC. The summed E-state index contributed by atoms with van der Waals surface area (Å²) in [4.78, 5) is 2.33. The summed E-state index contributed by atoms with van der Waals surface area (Å²) < 4.78 is 11.7. The summed E-state index contributed by atoms with van der Waals surface area (Å²) in [5.74, 6) is 1.61. The minimum absolute atomic E-state index is 0.620. The van der Waals surface area contributed by atoms with E-state index in [0.717, 1.165) is 61.7 Å². The number of rotatable bonds is 7. The third kappa shape index (κ3) is 3.56. The molecular weight excluding hydrogens is 302 g/mol. The molecule has 2 heterocycles. The van der Waals surface area contributed by atoms with Crippen LogP contribution in [0.5, 0.6) is 11.5 Å². The Bertz CT molecular complexity index is 681. The number of hydrogen-bond donors (Lipinski definition) is 1. The van der Waals surface area contributed by atoms with Gasteiger partial charge >= 0.3 is 0 Å². The lowest BCUT2D eigenvalue weighted by atomic mass is 10.0. The summed E-state index contributed by atoms with van der Waals surface area (Å²) in [6, 6.07) is 6.13. The van der Waals surface area contributed by atoms with Gasteiger partial charge in [0, 0.05) is 36.3 Å². The maximum Gasteiger partial charge on any atom is 0.161 e. The molecule has 1 aliphatic rings. The lowest BCUT2D eigenvalue weighted by Gasteiger charge is -2.22. The summed E-state index contributed by atoms with van der Waals surface area (Å²) in [5.41, 5.74) is 4.65. The van der Waals surface area contributed by atoms with E-state index in [4.69, 9.17) is 9.47 Å². The maximum atomic E-state index is 5.87. The predicted octanol–water partition coefficient (Wildman–Crippen LogP) is 3.64. The van der Waals surface area contributed by atoms with Crippen LogP contribution in [0, 0.1) is 0 Å². The van der Waals surface area contributed by atoms with Crippen molar-refractivity contribution >= 4 is 0 Å². The molecule has 1 aliphatic heterocycles. The second-order valence-electron chi connectivity index (χ2n) is 6.31. The molecule has 0 spiro atoms. The van der Waals surface area contributed by atoms with Gasteiger partial charge in [-0.3, -0.25) is 5.10 Å². The van der Waals surface area contributed by atoms with E-state index in [9.17, 15) is 0 Å². The van der Waals surface area contributed by atoms with Gasteiger partial charge in [-0.2, -0.15) is 5.10 Å². The fraction of sp³-hybridized carbons (Fsp3) is 0.526. The average Bonchev–Trinajstić information content (AvgIpc) is 2.99. The first-order valence-electron chi connectivity index (χ1n) is 8.87. The second kappa shape index (κ2) is 7.71. The highest BCUT2D eigenvalue weighted by Crippen LogP contribution is 2.35. The number of aromatic nitrogens is 2. The van der Waals surface area contributed by atoms with Gasteiger partial charge in [-0.15, -0.1) is 0 Å². The molecule has 0 saturated carbocycles. The van der Waals surface area contributed by atoms with E-state index < -0.39 is 0 Å². The van der Waals surface area contributed by atoms with Crippen LogP contribution in [0.4, 0.5) is 0 Å². The minimum Gasteiger partial charge on any atom is -0.490 e. The van der Waals surface area contributed by atoms with Crippen LogP contribution < -0.4 is 9.47 Å². The Kier molecular flexibility index (Phi) is 5.41. The van der Waals surface area contributed by atoms with Gasteiger partial charge in [0.25, 0.3) is 0 Å². The molecule has 0 radical (unpaired) electrons. The molecule has 0 saturated heterocycles. The minimum atomic E-state index is 0.620. The maximum absolute atomic E-state index is 5.87. The third-order valence-electron chi connectivity index (χ3n) is 4.40. The summed E-state index contributed by atoms with van der Waals surface area (Å²) in [6.45, 7) is 7.50. The van der Waals surface area contributed by atoms with E-state index in [2.05, 4.69) is 41.2 Å². The van der Waals surface area contributed by atoms with Gasteiger partial charge in [0.05, 0.1) is 18.9 Å². The molecule has 0 amide bonds. The number of unbranched alkanes of at least 4 members (excludes halogenated alkanes) is 1. The number of H-pyrrole nitrogens is 1. The number of nitrogens with zero attached hydrogens (tertiary/aromatic N) is 2. The summed E-state index contributed by atoms with van der Waals surface area (Å²) in [5, 5.41) is 7.77. The highest BCUT2D eigenvalue weighted by molar-refractivity contribution is 5.68. The molecule has 1 aromatic heterocycles. The lowest BCUT2D eigenvalue weighted by molar-refractivity contribution is 0.273. The van der Waals surface area contributed by atoms with Crippen LogP contribution in [-0.4, -0.2) is 41.9 Å². The fourth-order valence-electron chi connectivity index (χ4n) is 3.04. The summed E-state index contributed by atoms with van der Waals surface area (Å²) in [6.07, 6.45) is 3.19. The molecule has 0 fully saturated rings. The highest BCUT2D eigenvalue weighted by Gasteiger charge is 2.21. The normalized spacial score (nSPS) is 14.5. The van der Waals surface area contributed by atoms with E-state index in [-0.39, 0.29) is 0 Å². The van der Waals surface area contributed by atoms with Crippen LogP contribution in [0.25, 0.3) is 11.3 Å². The quantitative estimate of drug-likeness (QED) is 0.788. The lowest BCUT2D eigenvalue weighted by Crippen LogP contribution is -2.26. The first kappa shape index (κ1) is 16.8. The second-order valence-corrected chi connectivity index (χ2v) is 6.31. The van der Waals surface area contributed by atoms with Crippen molar-refractivity contribution in [2.75, 3.05) is 26.8 Å². The standard InChI is InChI=1S/C19H27N3O2/c1-4-6-11-24-17-8-7-14(12-18(17)23-5-2)19-15-13-22(3)10-9-16(15)20-21-19/h7-8,12H,4-6,9-11,13H2,1-3H3,(H,20,21). The van der Waals surface area contributed by atoms with Gasteiger partial charge in [0.1, 0.15) is 0 Å². The van der Waals surface area contributed by atoms with Crippen LogP contribution in [0.2, 0.25) is 0 Å². The van der Waals surface area contributed by atoms with Crippen molar-refractivity contribution in [1.82, 2.24) is 15.1 Å². The van der Waals surface area contributed by atoms with Crippen molar-refractivity contribution < 1.29 is 9.47 Å². The van der Waals surface area contributed by atoms with Crippen molar-refractivity contribution in [3.63, 3.8) is 0 Å². The molecule has 5 heteroatoms. The molecule has 1 N–H and O–H groups in total. The zero-order valence-electron chi connectivity index (χ0n) is 14.9. The van der Waals surface area contributed by atoms with E-state index in [0.29, 0.717) is 6.61 Å². The molecule has 0 bridgehead atoms. The largest absolute Gasteiger partial charge is 0.490 e. The first-order valence-corrected chi connectivity index (χ1v) is 8.87. The van der Waals surface area contributed by atoms with Crippen LogP contribution in [0.15, 0.2) is 18.2 Å². The Morgan fingerprint density at radius 2 is 2.08 bits per heavy atom. The molecule has 1 aromatic carbocycles. The number of aromatic amines is 1. The smallest absolute Gasteiger partial charge is 0.161 e. The number of fused-ring (bicyclic) bond motifs is 1. The average molecular weight is 329 g/mol. The predicted molar refractivity (Wildman–Crippen MR) is 95.6 cm³/mol. The Morgan fingerprint density at radius 3 is 2.88 bits per heavy atom. The number of likely N-dealkylation sites (N-methyl/N-ethyl adjacent to an activating group) is 1. The summed E-state index contributed by atoms with van der Waals surface area (Å²) >= 11 is 0. The Hall–Kier alpha value is -2.01. The number of hydrogen-bond acceptors (Lipinski definition) is 4. The van der Waals surface area contributed by atoms with Crippen molar-refractivity contribution in [2.24, 2.45) is 0 Å². The third-order valence-corrected chi connectivity index (χ3v) is 4.40. The first-order chi connectivity index (χ1) is 11.7. The van der Waals surface area contributed by atoms with Crippen molar-refractivity contribution in [3.05, 3.63) is 29.5 Å². The van der Waals surface area contributed by atoms with Crippen LogP contribution in [-0.2, 0) is 13.0 Å². The molecule has 0 atom stereocenters. The Balaban J connectivity index is 1.89. The Morgan fingerprint density at radius 1 is 1.21 bits per heavy atom. The van der Waals surface area contributed by atoms with Gasteiger partial charge in [-0.05, 0) is 38.6 Å². The summed E-state index contributed by atoms with van der Waals surface area (Å²) in [7, 11) is 2.15. The van der Waals surface area contributed by atoms with Gasteiger partial charge in [-0.25, -0.2) is 0 Å². The highest BCUT2D eigenvalue weighted by atomic mass is 16.5. The van der Waals surface area contributed by atoms with Gasteiger partial charge in [-0.1, -0.05) is 13.3 Å². The Labute approximate surface area is 144 Å². The van der Waals surface area contributed by atoms with Crippen molar-refractivity contribution in [1.29, 1.82) is 0 Å². The van der Waals surface area contributed by atoms with Crippen LogP contribution >= 0.6 is 0 Å². The van der Waals surface area contributed by atoms with Crippen LogP contribution in [0.1, 0.15) is 37.9 Å². The molecule has 5 nitrogen and oxygen atoms in total. The molecule has 24 heavy (non-hydrogen) atoms.